The van der Waals surface area contributed by atoms with Gasteiger partial charge in [-0.05, 0) is 77.9 Å². The predicted molar refractivity (Wildman–Crippen MR) is 168 cm³/mol. The van der Waals surface area contributed by atoms with E-state index in [0.717, 1.165) is 37.8 Å². The molecule has 2 atom stereocenters. The van der Waals surface area contributed by atoms with Crippen LogP contribution in [0.15, 0.2) is 29.3 Å². The number of pyridine rings is 1. The van der Waals surface area contributed by atoms with Gasteiger partial charge in [-0.25, -0.2) is 13.2 Å². The maximum absolute atomic E-state index is 16.9. The standard InChI is InChI=1S/C34H37F3N6O3/c1-2-23-26(36)5-4-20-12-22(41-44)13-24(27(20)23)29-28(37)30-25(15-38-29)31(42-8-3-10-45-11-9-42)40-32(39-30)46-19-34-14-21(35)16-43(34)18-33(17-34)6-7-33/h12-13,15,21H,2-11,14,16-19H2,1H3. The van der Waals surface area contributed by atoms with Crippen molar-refractivity contribution in [3.05, 3.63) is 46.0 Å². The summed E-state index contributed by atoms with van der Waals surface area (Å²) in [5.74, 6) is -0.474. The normalized spacial score (nSPS) is 25.6. The number of allylic oxidation sites excluding steroid dienone is 2. The molecule has 1 saturated carbocycles. The second-order valence-corrected chi connectivity index (χ2v) is 13.7. The molecule has 2 unspecified atom stereocenters. The van der Waals surface area contributed by atoms with Crippen molar-refractivity contribution in [1.82, 2.24) is 19.9 Å². The molecule has 46 heavy (non-hydrogen) atoms. The Balaban J connectivity index is 1.25. The molecule has 9 nitrogen and oxygen atoms in total. The van der Waals surface area contributed by atoms with Crippen LogP contribution in [-0.2, 0) is 11.2 Å². The minimum absolute atomic E-state index is 0.0147. The van der Waals surface area contributed by atoms with Gasteiger partial charge in [0.05, 0.1) is 17.5 Å². The van der Waals surface area contributed by atoms with E-state index in [-0.39, 0.29) is 47.2 Å². The van der Waals surface area contributed by atoms with Crippen LogP contribution in [0.3, 0.4) is 0 Å². The summed E-state index contributed by atoms with van der Waals surface area (Å²) in [4.78, 5) is 29.9. The number of nitrogens with zero attached hydrogens (tertiary/aromatic N) is 6. The number of aryl methyl sites for hydroxylation is 1. The molecule has 2 aromatic heterocycles. The van der Waals surface area contributed by atoms with Crippen LogP contribution in [0.1, 0.15) is 63.0 Å². The quantitative estimate of drug-likeness (QED) is 0.261. The van der Waals surface area contributed by atoms with Crippen molar-refractivity contribution in [1.29, 1.82) is 0 Å². The highest BCUT2D eigenvalue weighted by atomic mass is 19.1. The Labute approximate surface area is 265 Å². The topological polar surface area (TPSA) is 93.0 Å². The number of rotatable bonds is 7. The molecule has 5 heterocycles. The van der Waals surface area contributed by atoms with Crippen molar-refractivity contribution in [2.24, 2.45) is 10.6 Å². The molecular weight excluding hydrogens is 597 g/mol. The monoisotopic (exact) mass is 634 g/mol. The van der Waals surface area contributed by atoms with Crippen molar-refractivity contribution in [2.45, 2.75) is 70.0 Å². The van der Waals surface area contributed by atoms with Crippen LogP contribution in [0.4, 0.5) is 24.7 Å². The second-order valence-electron chi connectivity index (χ2n) is 13.7. The third kappa shape index (κ3) is 4.95. The minimum Gasteiger partial charge on any atom is -0.461 e. The van der Waals surface area contributed by atoms with Crippen LogP contribution in [-0.4, -0.2) is 77.6 Å². The maximum Gasteiger partial charge on any atom is 0.319 e. The zero-order valence-electron chi connectivity index (χ0n) is 26.0. The summed E-state index contributed by atoms with van der Waals surface area (Å²) in [6.45, 7) is 5.64. The molecule has 3 aliphatic heterocycles. The van der Waals surface area contributed by atoms with Crippen molar-refractivity contribution >= 4 is 28.0 Å². The number of ether oxygens (including phenoxy) is 2. The Morgan fingerprint density at radius 1 is 1.15 bits per heavy atom. The molecule has 3 saturated heterocycles. The van der Waals surface area contributed by atoms with E-state index in [1.165, 1.54) is 6.07 Å². The highest BCUT2D eigenvalue weighted by Gasteiger charge is 2.62. The first kappa shape index (κ1) is 29.7. The van der Waals surface area contributed by atoms with Crippen LogP contribution in [0.5, 0.6) is 6.01 Å². The summed E-state index contributed by atoms with van der Waals surface area (Å²) in [7, 11) is 0. The molecule has 5 aliphatic rings. The number of aromatic nitrogens is 3. The molecule has 0 bridgehead atoms. The number of halogens is 3. The van der Waals surface area contributed by atoms with Crippen LogP contribution >= 0.6 is 0 Å². The Bertz CT molecular complexity index is 1760. The molecule has 0 radical (unpaired) electrons. The lowest BCUT2D eigenvalue weighted by atomic mass is 9.83. The zero-order valence-corrected chi connectivity index (χ0v) is 26.0. The number of hydrogen-bond acceptors (Lipinski definition) is 9. The van der Waals surface area contributed by atoms with Crippen LogP contribution in [0, 0.1) is 16.1 Å². The number of anilines is 1. The third-order valence-electron chi connectivity index (χ3n) is 10.7. The van der Waals surface area contributed by atoms with Gasteiger partial charge in [-0.15, -0.1) is 4.91 Å². The third-order valence-corrected chi connectivity index (χ3v) is 10.7. The first-order chi connectivity index (χ1) is 22.3. The molecule has 3 aromatic rings. The molecule has 1 aromatic carbocycles. The predicted octanol–water partition coefficient (Wildman–Crippen LogP) is 6.84. The van der Waals surface area contributed by atoms with Gasteiger partial charge >= 0.3 is 6.01 Å². The van der Waals surface area contributed by atoms with E-state index in [2.05, 4.69) is 20.0 Å². The van der Waals surface area contributed by atoms with Gasteiger partial charge in [0.1, 0.15) is 41.3 Å². The van der Waals surface area contributed by atoms with Crippen molar-refractivity contribution in [3.8, 4) is 17.3 Å². The van der Waals surface area contributed by atoms with E-state index < -0.39 is 17.5 Å². The van der Waals surface area contributed by atoms with E-state index in [1.807, 2.05) is 11.8 Å². The molecule has 4 fully saturated rings. The Kier molecular flexibility index (Phi) is 7.28. The molecule has 2 aliphatic carbocycles. The lowest BCUT2D eigenvalue weighted by molar-refractivity contribution is 0.107. The van der Waals surface area contributed by atoms with Gasteiger partial charge in [0.25, 0.3) is 0 Å². The van der Waals surface area contributed by atoms with Crippen molar-refractivity contribution < 1.29 is 22.6 Å². The highest BCUT2D eigenvalue weighted by molar-refractivity contribution is 5.94. The summed E-state index contributed by atoms with van der Waals surface area (Å²) in [6.07, 6.45) is 5.97. The Hall–Kier alpha value is -3.64. The van der Waals surface area contributed by atoms with Crippen LogP contribution < -0.4 is 9.64 Å². The highest BCUT2D eigenvalue weighted by Crippen LogP contribution is 2.60. The smallest absolute Gasteiger partial charge is 0.319 e. The van der Waals surface area contributed by atoms with Gasteiger partial charge in [-0.1, -0.05) is 6.92 Å². The fraction of sp³-hybridized carbons (Fsp3) is 0.559. The first-order valence-corrected chi connectivity index (χ1v) is 16.4. The van der Waals surface area contributed by atoms with Crippen molar-refractivity contribution in [2.75, 3.05) is 50.9 Å². The largest absolute Gasteiger partial charge is 0.461 e. The average molecular weight is 635 g/mol. The van der Waals surface area contributed by atoms with Crippen LogP contribution in [0.2, 0.25) is 0 Å². The number of benzene rings is 1. The van der Waals surface area contributed by atoms with Gasteiger partial charge in [-0.3, -0.25) is 9.88 Å². The summed E-state index contributed by atoms with van der Waals surface area (Å²) >= 11 is 0. The molecule has 0 amide bonds. The molecular formula is C34H37F3N6O3. The zero-order chi connectivity index (χ0) is 31.6. The van der Waals surface area contributed by atoms with E-state index in [0.29, 0.717) is 80.0 Å². The summed E-state index contributed by atoms with van der Waals surface area (Å²) in [5, 5.41) is 3.54. The molecule has 1 spiro atoms. The number of nitroso groups, excluding NO2 is 1. The Morgan fingerprint density at radius 3 is 2.83 bits per heavy atom. The number of fused-ring (bicyclic) bond motifs is 3. The number of alkyl halides is 1. The summed E-state index contributed by atoms with van der Waals surface area (Å²) in [6, 6.07) is 3.13. The fourth-order valence-corrected chi connectivity index (χ4v) is 8.38. The molecule has 0 N–H and O–H groups in total. The van der Waals surface area contributed by atoms with Gasteiger partial charge in [0.15, 0.2) is 5.82 Å². The van der Waals surface area contributed by atoms with Gasteiger partial charge < -0.3 is 14.4 Å². The van der Waals surface area contributed by atoms with E-state index in [9.17, 15) is 9.30 Å². The van der Waals surface area contributed by atoms with Crippen molar-refractivity contribution in [3.63, 3.8) is 0 Å². The first-order valence-electron chi connectivity index (χ1n) is 16.4. The van der Waals surface area contributed by atoms with Crippen LogP contribution in [0.25, 0.3) is 27.7 Å². The van der Waals surface area contributed by atoms with E-state index in [1.54, 1.807) is 12.3 Å². The second kappa shape index (κ2) is 11.3. The van der Waals surface area contributed by atoms with Gasteiger partial charge in [0.2, 0.25) is 0 Å². The minimum atomic E-state index is -0.912. The number of hydrogen-bond donors (Lipinski definition) is 0. The molecule has 8 rings (SSSR count). The molecule has 12 heteroatoms. The fourth-order valence-electron chi connectivity index (χ4n) is 8.38. The maximum atomic E-state index is 16.9. The van der Waals surface area contributed by atoms with Gasteiger partial charge in [-0.2, -0.15) is 9.97 Å². The van der Waals surface area contributed by atoms with E-state index in [4.69, 9.17) is 14.5 Å². The summed E-state index contributed by atoms with van der Waals surface area (Å²) in [5.41, 5.74) is 1.99. The average Bonchev–Trinajstić information content (AvgIpc) is 3.74. The molecule has 242 valence electrons. The Morgan fingerprint density at radius 2 is 2.02 bits per heavy atom. The van der Waals surface area contributed by atoms with E-state index >= 15 is 8.78 Å². The van der Waals surface area contributed by atoms with Gasteiger partial charge in [0, 0.05) is 57.4 Å². The SMILES string of the molecule is CCC1=C(F)CCc2cc(N=O)cc(-c3ncc4c(N5CCCOCC5)nc(OCC56CC(F)CN5CC5(CC5)C6)nc4c3F)c21. The summed E-state index contributed by atoms with van der Waals surface area (Å²) < 4.78 is 58.7. The lowest BCUT2D eigenvalue weighted by Gasteiger charge is -2.31. The lowest BCUT2D eigenvalue weighted by Crippen LogP contribution is -2.43.